The molecule has 1 atom stereocenters. The van der Waals surface area contributed by atoms with Crippen LogP contribution < -0.4 is 5.32 Å². The van der Waals surface area contributed by atoms with E-state index in [-0.39, 0.29) is 35.9 Å². The smallest absolute Gasteiger partial charge is 0.243 e. The molecule has 0 aliphatic heterocycles. The number of nitrogens with one attached hydrogen (secondary N) is 1. The molecule has 1 aliphatic carbocycles. The molecule has 0 unspecified atom stereocenters. The van der Waals surface area contributed by atoms with Gasteiger partial charge in [-0.25, -0.2) is 4.39 Å². The molecular weight excluding hydrogens is 494 g/mol. The summed E-state index contributed by atoms with van der Waals surface area (Å²) in [4.78, 5) is 28.2. The average molecular weight is 526 g/mol. The summed E-state index contributed by atoms with van der Waals surface area (Å²) in [6, 6.07) is 11.4. The third-order valence-corrected chi connectivity index (χ3v) is 7.84. The highest BCUT2D eigenvalue weighted by Crippen LogP contribution is 2.26. The second-order valence-corrected chi connectivity index (χ2v) is 10.4. The lowest BCUT2D eigenvalue weighted by Gasteiger charge is -2.33. The first-order valence-corrected chi connectivity index (χ1v) is 13.7. The maximum absolute atomic E-state index is 14.1. The Morgan fingerprint density at radius 1 is 1.09 bits per heavy atom. The van der Waals surface area contributed by atoms with E-state index in [0.29, 0.717) is 22.0 Å². The highest BCUT2D eigenvalue weighted by Gasteiger charge is 2.30. The molecule has 1 N–H and O–H groups in total. The van der Waals surface area contributed by atoms with Crippen LogP contribution in [0.15, 0.2) is 42.5 Å². The number of hydrogen-bond acceptors (Lipinski definition) is 3. The number of amides is 2. The van der Waals surface area contributed by atoms with Gasteiger partial charge in [0.15, 0.2) is 0 Å². The van der Waals surface area contributed by atoms with Crippen molar-refractivity contribution in [3.8, 4) is 0 Å². The van der Waals surface area contributed by atoms with E-state index in [1.807, 2.05) is 25.1 Å². The maximum Gasteiger partial charge on any atom is 0.243 e. The summed E-state index contributed by atoms with van der Waals surface area (Å²) in [5.41, 5.74) is 1.16. The molecule has 0 aromatic heterocycles. The Hall–Kier alpha value is -1.76. The van der Waals surface area contributed by atoms with Gasteiger partial charge < -0.3 is 10.2 Å². The first kappa shape index (κ1) is 26.8. The molecule has 4 nitrogen and oxygen atoms in total. The lowest BCUT2D eigenvalue weighted by molar-refractivity contribution is -0.139. The van der Waals surface area contributed by atoms with Gasteiger partial charge in [-0.15, -0.1) is 11.8 Å². The van der Waals surface area contributed by atoms with Crippen LogP contribution in [0, 0.1) is 5.82 Å². The molecule has 3 rings (SSSR count). The van der Waals surface area contributed by atoms with E-state index in [4.69, 9.17) is 23.2 Å². The van der Waals surface area contributed by atoms with E-state index in [0.717, 1.165) is 31.2 Å². The largest absolute Gasteiger partial charge is 0.352 e. The number of halogens is 3. The first-order chi connectivity index (χ1) is 16.4. The van der Waals surface area contributed by atoms with Crippen LogP contribution in [0.3, 0.4) is 0 Å². The lowest BCUT2D eigenvalue weighted by atomic mass is 9.95. The van der Waals surface area contributed by atoms with Crippen LogP contribution in [0.1, 0.15) is 56.6 Å². The Bertz CT molecular complexity index is 965. The molecule has 8 heteroatoms. The zero-order valence-corrected chi connectivity index (χ0v) is 21.7. The molecule has 1 saturated carbocycles. The van der Waals surface area contributed by atoms with Crippen LogP contribution in [-0.4, -0.2) is 34.6 Å². The number of rotatable bonds is 10. The maximum atomic E-state index is 14.1. The molecule has 2 aromatic carbocycles. The summed E-state index contributed by atoms with van der Waals surface area (Å²) in [5, 5.41) is 4.05. The van der Waals surface area contributed by atoms with E-state index < -0.39 is 11.9 Å². The number of hydrogen-bond donors (Lipinski definition) is 1. The van der Waals surface area contributed by atoms with Crippen molar-refractivity contribution in [3.05, 3.63) is 69.5 Å². The molecule has 0 heterocycles. The molecule has 2 amide bonds. The number of nitrogens with zero attached hydrogens (tertiary/aromatic N) is 1. The Kier molecular flexibility index (Phi) is 10.5. The fraction of sp³-hybridized carbons (Fsp3) is 0.462. The molecule has 184 valence electrons. The number of carbonyl (C=O) groups excluding carboxylic acids is 2. The van der Waals surface area contributed by atoms with Crippen molar-refractivity contribution >= 4 is 46.8 Å². The topological polar surface area (TPSA) is 49.4 Å². The minimum atomic E-state index is -0.608. The zero-order valence-electron chi connectivity index (χ0n) is 19.4. The average Bonchev–Trinajstić information content (AvgIpc) is 2.82. The highest BCUT2D eigenvalue weighted by molar-refractivity contribution is 7.99. The number of thioether (sulfide) groups is 1. The second-order valence-electron chi connectivity index (χ2n) is 8.57. The quantitative estimate of drug-likeness (QED) is 0.379. The molecule has 0 bridgehead atoms. The Balaban J connectivity index is 1.73. The molecule has 1 fully saturated rings. The summed E-state index contributed by atoms with van der Waals surface area (Å²) >= 11 is 13.8. The van der Waals surface area contributed by atoms with Gasteiger partial charge in [0.1, 0.15) is 11.9 Å². The molecule has 0 spiro atoms. The monoisotopic (exact) mass is 524 g/mol. The van der Waals surface area contributed by atoms with Gasteiger partial charge in [0, 0.05) is 33.9 Å². The van der Waals surface area contributed by atoms with Crippen LogP contribution >= 0.6 is 35.0 Å². The van der Waals surface area contributed by atoms with E-state index in [9.17, 15) is 14.0 Å². The summed E-state index contributed by atoms with van der Waals surface area (Å²) in [6.45, 7) is 2.14. The summed E-state index contributed by atoms with van der Waals surface area (Å²) < 4.78 is 14.1. The van der Waals surface area contributed by atoms with Gasteiger partial charge in [0.25, 0.3) is 0 Å². The van der Waals surface area contributed by atoms with Gasteiger partial charge in [-0.1, -0.05) is 73.7 Å². The summed E-state index contributed by atoms with van der Waals surface area (Å²) in [6.07, 6.45) is 5.85. The van der Waals surface area contributed by atoms with E-state index in [1.54, 1.807) is 23.1 Å². The minimum absolute atomic E-state index is 0.0995. The third kappa shape index (κ3) is 7.37. The van der Waals surface area contributed by atoms with Crippen molar-refractivity contribution in [1.82, 2.24) is 10.2 Å². The van der Waals surface area contributed by atoms with Crippen molar-refractivity contribution in [1.29, 1.82) is 0 Å². The Morgan fingerprint density at radius 3 is 2.47 bits per heavy atom. The Labute approximate surface area is 215 Å². The zero-order chi connectivity index (χ0) is 24.5. The predicted molar refractivity (Wildman–Crippen MR) is 139 cm³/mol. The number of carbonyl (C=O) groups is 2. The highest BCUT2D eigenvalue weighted by atomic mass is 35.5. The Morgan fingerprint density at radius 2 is 1.79 bits per heavy atom. The summed E-state index contributed by atoms with van der Waals surface area (Å²) in [5.74, 6) is -0.344. The second kappa shape index (κ2) is 13.4. The van der Waals surface area contributed by atoms with Crippen molar-refractivity contribution < 1.29 is 14.0 Å². The van der Waals surface area contributed by atoms with Gasteiger partial charge in [-0.3, -0.25) is 9.59 Å². The van der Waals surface area contributed by atoms with E-state index >= 15 is 0 Å². The van der Waals surface area contributed by atoms with Gasteiger partial charge in [0.05, 0.1) is 5.75 Å². The summed E-state index contributed by atoms with van der Waals surface area (Å²) in [7, 11) is 0. The van der Waals surface area contributed by atoms with Crippen LogP contribution in [0.5, 0.6) is 0 Å². The SMILES string of the molecule is CC[C@@H](C(=O)NC1CCCCC1)N(Cc1ccccc1Cl)C(=O)CSCc1c(F)cccc1Cl. The van der Waals surface area contributed by atoms with Crippen molar-refractivity contribution in [2.75, 3.05) is 5.75 Å². The lowest BCUT2D eigenvalue weighted by Crippen LogP contribution is -2.52. The normalized spacial score (nSPS) is 15.1. The fourth-order valence-corrected chi connectivity index (χ4v) is 5.71. The van der Waals surface area contributed by atoms with Crippen LogP contribution in [-0.2, 0) is 21.9 Å². The minimum Gasteiger partial charge on any atom is -0.352 e. The molecular formula is C26H31Cl2FN2O2S. The molecule has 0 saturated heterocycles. The molecule has 2 aromatic rings. The standard InChI is InChI=1S/C26H31Cl2FN2O2S/c1-2-24(26(33)30-19-10-4-3-5-11-19)31(15-18-9-6-7-12-21(18)27)25(32)17-34-16-20-22(28)13-8-14-23(20)29/h6-9,12-14,19,24H,2-5,10-11,15-17H2,1H3,(H,30,33)/t24-/m0/s1. The van der Waals surface area contributed by atoms with Gasteiger partial charge in [-0.2, -0.15) is 0 Å². The molecule has 1 aliphatic rings. The third-order valence-electron chi connectivity index (χ3n) is 6.17. The van der Waals surface area contributed by atoms with Crippen LogP contribution in [0.2, 0.25) is 10.0 Å². The van der Waals surface area contributed by atoms with E-state index in [2.05, 4.69) is 5.32 Å². The van der Waals surface area contributed by atoms with Gasteiger partial charge >= 0.3 is 0 Å². The molecule has 34 heavy (non-hydrogen) atoms. The predicted octanol–water partition coefficient (Wildman–Crippen LogP) is 6.62. The van der Waals surface area contributed by atoms with Gasteiger partial charge in [0.2, 0.25) is 11.8 Å². The van der Waals surface area contributed by atoms with Crippen molar-refractivity contribution in [3.63, 3.8) is 0 Å². The number of benzene rings is 2. The van der Waals surface area contributed by atoms with Crippen LogP contribution in [0.25, 0.3) is 0 Å². The van der Waals surface area contributed by atoms with Crippen LogP contribution in [0.4, 0.5) is 4.39 Å². The van der Waals surface area contributed by atoms with E-state index in [1.165, 1.54) is 24.2 Å². The first-order valence-electron chi connectivity index (χ1n) is 11.7. The van der Waals surface area contributed by atoms with Gasteiger partial charge in [-0.05, 0) is 43.0 Å². The van der Waals surface area contributed by atoms with Crippen molar-refractivity contribution in [2.24, 2.45) is 0 Å². The fourth-order valence-electron chi connectivity index (χ4n) is 4.27. The molecule has 0 radical (unpaired) electrons. The van der Waals surface area contributed by atoms with Crippen molar-refractivity contribution in [2.45, 2.75) is 69.8 Å².